The quantitative estimate of drug-likeness (QED) is 0.262. The molecule has 0 bridgehead atoms. The molecule has 3 atom stereocenters. The van der Waals surface area contributed by atoms with Crippen LogP contribution in [0.4, 0.5) is 0 Å². The summed E-state index contributed by atoms with van der Waals surface area (Å²) in [6, 6.07) is -0.421. The Balaban J connectivity index is 3.26. The molecule has 0 saturated carbocycles. The lowest BCUT2D eigenvalue weighted by atomic mass is 9.96. The minimum absolute atomic E-state index is 0.0133. The van der Waals surface area contributed by atoms with Crippen LogP contribution in [0.1, 0.15) is 48.0 Å². The number of amides is 1. The van der Waals surface area contributed by atoms with Gasteiger partial charge in [0.2, 0.25) is 0 Å². The fourth-order valence-corrected chi connectivity index (χ4v) is 5.37. The molecule has 170 valence electrons. The third kappa shape index (κ3) is 7.23. The van der Waals surface area contributed by atoms with Crippen LogP contribution in [-0.4, -0.2) is 44.6 Å². The van der Waals surface area contributed by atoms with Gasteiger partial charge in [0, 0.05) is 0 Å². The van der Waals surface area contributed by atoms with Crippen LogP contribution >= 0.6 is 34.8 Å². The zero-order valence-electron chi connectivity index (χ0n) is 19.5. The van der Waals surface area contributed by atoms with Crippen molar-refractivity contribution in [3.63, 3.8) is 0 Å². The summed E-state index contributed by atoms with van der Waals surface area (Å²) in [5.41, 5.74) is 0. The minimum Gasteiger partial charge on any atom is -0.411 e. The van der Waals surface area contributed by atoms with Crippen LogP contribution in [-0.2, 0) is 13.6 Å². The highest BCUT2D eigenvalue weighted by molar-refractivity contribution is 6.76. The Kier molecular flexibility index (Phi) is 8.64. The molecule has 9 heteroatoms. The van der Waals surface area contributed by atoms with Crippen molar-refractivity contribution in [1.82, 2.24) is 5.32 Å². The Bertz CT molecular complexity index is 620. The van der Waals surface area contributed by atoms with Crippen molar-refractivity contribution in [2.24, 2.45) is 0 Å². The van der Waals surface area contributed by atoms with Crippen LogP contribution in [0.15, 0.2) is 12.2 Å². The maximum atomic E-state index is 12.4. The van der Waals surface area contributed by atoms with E-state index < -0.39 is 32.4 Å². The van der Waals surface area contributed by atoms with Crippen molar-refractivity contribution in [2.75, 3.05) is 0 Å². The molecule has 0 radical (unpaired) electrons. The molecule has 0 saturated heterocycles. The van der Waals surface area contributed by atoms with Crippen molar-refractivity contribution < 1.29 is 13.6 Å². The number of rotatable bonds is 5. The van der Waals surface area contributed by atoms with E-state index in [0.717, 1.165) is 6.42 Å². The zero-order chi connectivity index (χ0) is 23.1. The van der Waals surface area contributed by atoms with E-state index in [1.54, 1.807) is 0 Å². The normalized spacial score (nSPS) is 24.5. The van der Waals surface area contributed by atoms with Gasteiger partial charge in [-0.2, -0.15) is 0 Å². The SMILES string of the molecule is CC(C)(C)[Si](C)(C)O[C@@H]1[C@@H](NC(=O)C(Cl)(Cl)Cl)C=CC[C@@H]1O[Si](C)(C)C(C)(C)C. The Morgan fingerprint density at radius 1 is 0.931 bits per heavy atom. The van der Waals surface area contributed by atoms with Crippen molar-refractivity contribution in [2.45, 2.75) is 106 Å². The molecular formula is C20H38Cl3NO3Si2. The van der Waals surface area contributed by atoms with Gasteiger partial charge in [-0.05, 0) is 42.7 Å². The summed E-state index contributed by atoms with van der Waals surface area (Å²) < 4.78 is 11.5. The van der Waals surface area contributed by atoms with Crippen molar-refractivity contribution in [3.05, 3.63) is 12.2 Å². The summed E-state index contributed by atoms with van der Waals surface area (Å²) in [5, 5.41) is 2.92. The standard InChI is InChI=1S/C20H38Cl3NO3Si2/c1-18(2,3)28(7,8)26-15-13-11-12-14(24-17(25)20(21,22)23)16(15)27-29(9,10)19(4,5)6/h11-12,14-16H,13H2,1-10H3,(H,24,25)/t14-,15-,16+/m0/s1. The van der Waals surface area contributed by atoms with E-state index >= 15 is 0 Å². The maximum absolute atomic E-state index is 12.4. The van der Waals surface area contributed by atoms with Gasteiger partial charge in [0.25, 0.3) is 9.70 Å². The van der Waals surface area contributed by atoms with Gasteiger partial charge in [-0.15, -0.1) is 0 Å². The topological polar surface area (TPSA) is 47.6 Å². The summed E-state index contributed by atoms with van der Waals surface area (Å²) in [6.45, 7) is 22.1. The van der Waals surface area contributed by atoms with E-state index in [9.17, 15) is 4.79 Å². The van der Waals surface area contributed by atoms with E-state index in [4.69, 9.17) is 43.7 Å². The average Bonchev–Trinajstić information content (AvgIpc) is 2.46. The number of carbonyl (C=O) groups excluding carboxylic acids is 1. The maximum Gasteiger partial charge on any atom is 0.272 e. The molecule has 0 aromatic heterocycles. The van der Waals surface area contributed by atoms with Crippen LogP contribution in [0.2, 0.25) is 36.3 Å². The van der Waals surface area contributed by atoms with Crippen LogP contribution in [0.3, 0.4) is 0 Å². The van der Waals surface area contributed by atoms with Crippen molar-refractivity contribution in [3.8, 4) is 0 Å². The molecule has 0 fully saturated rings. The molecule has 1 N–H and O–H groups in total. The van der Waals surface area contributed by atoms with E-state index in [0.29, 0.717) is 0 Å². The molecule has 29 heavy (non-hydrogen) atoms. The van der Waals surface area contributed by atoms with Crippen molar-refractivity contribution >= 4 is 57.3 Å². The van der Waals surface area contributed by atoms with Crippen molar-refractivity contribution in [1.29, 1.82) is 0 Å². The lowest BCUT2D eigenvalue weighted by Crippen LogP contribution is -2.60. The lowest BCUT2D eigenvalue weighted by molar-refractivity contribution is -0.121. The van der Waals surface area contributed by atoms with Gasteiger partial charge in [-0.3, -0.25) is 4.79 Å². The largest absolute Gasteiger partial charge is 0.411 e. The number of alkyl halides is 3. The van der Waals surface area contributed by atoms with Crippen LogP contribution < -0.4 is 5.32 Å². The summed E-state index contributed by atoms with van der Waals surface area (Å²) in [4.78, 5) is 12.4. The summed E-state index contributed by atoms with van der Waals surface area (Å²) in [5.74, 6) is -0.658. The molecule has 0 unspecified atom stereocenters. The Morgan fingerprint density at radius 2 is 1.38 bits per heavy atom. The average molecular weight is 503 g/mol. The fourth-order valence-electron chi connectivity index (χ4n) is 2.53. The highest BCUT2D eigenvalue weighted by atomic mass is 35.6. The molecule has 1 rings (SSSR count). The first kappa shape index (κ1) is 27.5. The highest BCUT2D eigenvalue weighted by Crippen LogP contribution is 2.42. The molecule has 0 aliphatic heterocycles. The van der Waals surface area contributed by atoms with E-state index in [1.807, 2.05) is 12.2 Å². The summed E-state index contributed by atoms with van der Waals surface area (Å²) >= 11 is 17.4. The Labute approximate surface area is 194 Å². The first-order chi connectivity index (χ1) is 12.7. The zero-order valence-corrected chi connectivity index (χ0v) is 23.7. The molecule has 1 amide bonds. The number of nitrogens with one attached hydrogen (secondary N) is 1. The number of hydrogen-bond acceptors (Lipinski definition) is 3. The number of carbonyl (C=O) groups is 1. The molecule has 4 nitrogen and oxygen atoms in total. The number of halogens is 3. The summed E-state index contributed by atoms with van der Waals surface area (Å²) in [7, 11) is -4.19. The molecule has 1 aliphatic carbocycles. The Morgan fingerprint density at radius 3 is 1.79 bits per heavy atom. The van der Waals surface area contributed by atoms with Gasteiger partial charge in [0.05, 0.1) is 18.2 Å². The smallest absolute Gasteiger partial charge is 0.272 e. The fraction of sp³-hybridized carbons (Fsp3) is 0.850. The van der Waals surface area contributed by atoms with Crippen LogP contribution in [0.5, 0.6) is 0 Å². The van der Waals surface area contributed by atoms with Gasteiger partial charge in [-0.25, -0.2) is 0 Å². The Hall–Kier alpha value is 0.434. The number of hydrogen-bond donors (Lipinski definition) is 1. The molecule has 0 aromatic carbocycles. The first-order valence-electron chi connectivity index (χ1n) is 10.1. The predicted molar refractivity (Wildman–Crippen MR) is 130 cm³/mol. The molecular weight excluding hydrogens is 465 g/mol. The second-order valence-corrected chi connectivity index (χ2v) is 22.7. The monoisotopic (exact) mass is 501 g/mol. The second-order valence-electron chi connectivity index (χ2n) is 10.9. The molecule has 0 aromatic rings. The third-order valence-electron chi connectivity index (χ3n) is 6.48. The van der Waals surface area contributed by atoms with Gasteiger partial charge >= 0.3 is 0 Å². The van der Waals surface area contributed by atoms with Gasteiger partial charge in [0.15, 0.2) is 16.6 Å². The van der Waals surface area contributed by atoms with E-state index in [-0.39, 0.29) is 22.3 Å². The van der Waals surface area contributed by atoms with E-state index in [2.05, 4.69) is 73.0 Å². The van der Waals surface area contributed by atoms with Crippen LogP contribution in [0.25, 0.3) is 0 Å². The van der Waals surface area contributed by atoms with Crippen LogP contribution in [0, 0.1) is 0 Å². The summed E-state index contributed by atoms with van der Waals surface area (Å²) in [6.07, 6.45) is 4.16. The van der Waals surface area contributed by atoms with Gasteiger partial charge in [-0.1, -0.05) is 88.5 Å². The molecule has 0 heterocycles. The minimum atomic E-state index is -2.14. The van der Waals surface area contributed by atoms with E-state index in [1.165, 1.54) is 0 Å². The predicted octanol–water partition coefficient (Wildman–Crippen LogP) is 6.58. The molecule has 1 aliphatic rings. The van der Waals surface area contributed by atoms with Gasteiger partial charge in [0.1, 0.15) is 0 Å². The second kappa shape index (κ2) is 9.12. The van der Waals surface area contributed by atoms with Gasteiger partial charge < -0.3 is 14.2 Å². The third-order valence-corrected chi connectivity index (χ3v) is 16.0. The highest BCUT2D eigenvalue weighted by Gasteiger charge is 2.47. The lowest BCUT2D eigenvalue weighted by Gasteiger charge is -2.47. The molecule has 0 spiro atoms. The first-order valence-corrected chi connectivity index (χ1v) is 17.0.